The number of para-hydroxylation sites is 6. The van der Waals surface area contributed by atoms with Gasteiger partial charge in [0.05, 0.1) is 33.5 Å². The van der Waals surface area contributed by atoms with Crippen LogP contribution in [0.5, 0.6) is 0 Å². The second kappa shape index (κ2) is 17.6. The van der Waals surface area contributed by atoms with Crippen molar-refractivity contribution < 1.29 is 0 Å². The molecule has 0 saturated carbocycles. The fourth-order valence-corrected chi connectivity index (χ4v) is 12.7. The molecule has 0 bridgehead atoms. The summed E-state index contributed by atoms with van der Waals surface area (Å²) in [6, 6.07) is 109. The van der Waals surface area contributed by atoms with E-state index in [0.29, 0.717) is 0 Å². The normalized spacial score (nSPS) is 12.8. The van der Waals surface area contributed by atoms with E-state index in [2.05, 4.69) is 312 Å². The van der Waals surface area contributed by atoms with Gasteiger partial charge in [-0.1, -0.05) is 218 Å². The van der Waals surface area contributed by atoms with Gasteiger partial charge >= 0.3 is 0 Å². The molecule has 2 aliphatic rings. The average molecular weight is 968 g/mol. The highest BCUT2D eigenvalue weighted by Crippen LogP contribution is 2.64. The third kappa shape index (κ3) is 6.69. The van der Waals surface area contributed by atoms with E-state index in [4.69, 9.17) is 0 Å². The van der Waals surface area contributed by atoms with E-state index in [0.717, 1.165) is 45.1 Å². The van der Waals surface area contributed by atoms with Crippen molar-refractivity contribution in [3.8, 4) is 50.2 Å². The fraction of sp³-hybridized carbons (Fsp3) is 0.0137. The van der Waals surface area contributed by atoms with Crippen LogP contribution >= 0.6 is 0 Å². The Hall–Kier alpha value is -9.96. The Labute approximate surface area is 443 Å². The first-order chi connectivity index (χ1) is 37.7. The van der Waals surface area contributed by atoms with E-state index in [1.165, 1.54) is 83.3 Å². The van der Waals surface area contributed by atoms with Gasteiger partial charge in [0.15, 0.2) is 0 Å². The Morgan fingerprint density at radius 2 is 0.763 bits per heavy atom. The molecule has 13 aromatic rings. The molecular weight excluding hydrogens is 919 g/mol. The second-order valence-corrected chi connectivity index (χ2v) is 20.0. The van der Waals surface area contributed by atoms with Gasteiger partial charge in [-0.15, -0.1) is 0 Å². The molecule has 15 rings (SSSR count). The summed E-state index contributed by atoms with van der Waals surface area (Å²) in [7, 11) is 0. The van der Waals surface area contributed by atoms with Crippen LogP contribution in [0.2, 0.25) is 0 Å². The van der Waals surface area contributed by atoms with Gasteiger partial charge in [0.1, 0.15) is 0 Å². The van der Waals surface area contributed by atoms with Gasteiger partial charge in [0.2, 0.25) is 0 Å². The molecule has 0 unspecified atom stereocenters. The largest absolute Gasteiger partial charge is 0.310 e. The molecule has 0 radical (unpaired) electrons. The Morgan fingerprint density at radius 3 is 1.49 bits per heavy atom. The molecule has 0 N–H and O–H groups in total. The van der Waals surface area contributed by atoms with Crippen LogP contribution in [0.3, 0.4) is 0 Å². The number of hydrogen-bond acceptors (Lipinski definition) is 2. The maximum atomic E-state index is 2.50. The van der Waals surface area contributed by atoms with Crippen LogP contribution in [0.4, 0.5) is 34.1 Å². The predicted octanol–water partition coefficient (Wildman–Crippen LogP) is 19.4. The van der Waals surface area contributed by atoms with E-state index in [-0.39, 0.29) is 0 Å². The zero-order chi connectivity index (χ0) is 50.2. The van der Waals surface area contributed by atoms with Crippen molar-refractivity contribution in [2.24, 2.45) is 0 Å². The molecule has 0 fully saturated rings. The molecule has 1 aliphatic carbocycles. The summed E-state index contributed by atoms with van der Waals surface area (Å²) < 4.78 is 2.40. The van der Waals surface area contributed by atoms with Crippen molar-refractivity contribution in [3.63, 3.8) is 0 Å². The minimum absolute atomic E-state index is 0.608. The molecule has 3 heteroatoms. The smallest absolute Gasteiger partial charge is 0.0755 e. The van der Waals surface area contributed by atoms with Crippen molar-refractivity contribution in [3.05, 3.63) is 320 Å². The van der Waals surface area contributed by atoms with Gasteiger partial charge < -0.3 is 14.4 Å². The molecule has 0 saturated heterocycles. The van der Waals surface area contributed by atoms with Gasteiger partial charge in [0.25, 0.3) is 0 Å². The second-order valence-electron chi connectivity index (χ2n) is 20.0. The number of aromatic nitrogens is 1. The third-order valence-corrected chi connectivity index (χ3v) is 16.0. The minimum Gasteiger partial charge on any atom is -0.310 e. The lowest BCUT2D eigenvalue weighted by Crippen LogP contribution is -2.36. The predicted molar refractivity (Wildman–Crippen MR) is 317 cm³/mol. The summed E-state index contributed by atoms with van der Waals surface area (Å²) >= 11 is 0. The van der Waals surface area contributed by atoms with Gasteiger partial charge in [0, 0.05) is 39.1 Å². The summed E-state index contributed by atoms with van der Waals surface area (Å²) in [5.41, 5.74) is 24.3. The molecule has 1 aromatic heterocycles. The molecule has 1 aliphatic heterocycles. The first-order valence-corrected chi connectivity index (χ1v) is 26.3. The Balaban J connectivity index is 0.928. The molecule has 0 amide bonds. The number of hydrogen-bond donors (Lipinski definition) is 0. The highest BCUT2D eigenvalue weighted by molar-refractivity contribution is 6.10. The highest BCUT2D eigenvalue weighted by atomic mass is 15.2. The minimum atomic E-state index is -0.608. The number of anilines is 6. The van der Waals surface area contributed by atoms with Crippen LogP contribution in [0, 0.1) is 0 Å². The first-order valence-electron chi connectivity index (χ1n) is 26.3. The molecular formula is C73H49N3. The van der Waals surface area contributed by atoms with Crippen molar-refractivity contribution in [2.75, 3.05) is 9.80 Å². The van der Waals surface area contributed by atoms with Gasteiger partial charge in [-0.05, 0) is 140 Å². The lowest BCUT2D eigenvalue weighted by Gasteiger charge is -2.45. The SMILES string of the molecule is c1ccc(-c2ccc(-c3ccccc3N(c3ccc(-c4ccc5c6ccccc6n(-c6ccccc6)c5c4)cc3)c3ccc4c(c3)C3(c5ccccc5-4)c4ccccc4N(c4ccccc4)c4ccccc43)cc2)cc1. The van der Waals surface area contributed by atoms with Crippen LogP contribution in [-0.2, 0) is 5.41 Å². The van der Waals surface area contributed by atoms with Gasteiger partial charge in [-0.2, -0.15) is 0 Å². The van der Waals surface area contributed by atoms with Crippen LogP contribution in [0.15, 0.2) is 297 Å². The van der Waals surface area contributed by atoms with Crippen LogP contribution in [-0.4, -0.2) is 4.57 Å². The Morgan fingerprint density at radius 1 is 0.276 bits per heavy atom. The third-order valence-electron chi connectivity index (χ3n) is 16.0. The molecule has 2 heterocycles. The highest BCUT2D eigenvalue weighted by Gasteiger charge is 2.52. The summed E-state index contributed by atoms with van der Waals surface area (Å²) in [5.74, 6) is 0. The van der Waals surface area contributed by atoms with E-state index >= 15 is 0 Å². The topological polar surface area (TPSA) is 11.4 Å². The Kier molecular flexibility index (Phi) is 10.1. The zero-order valence-corrected chi connectivity index (χ0v) is 41.6. The molecule has 356 valence electrons. The lowest BCUT2D eigenvalue weighted by atomic mass is 9.64. The number of rotatable bonds is 8. The van der Waals surface area contributed by atoms with E-state index in [1.807, 2.05) is 0 Å². The van der Waals surface area contributed by atoms with Crippen molar-refractivity contribution >= 4 is 55.9 Å². The number of nitrogens with zero attached hydrogens (tertiary/aromatic N) is 3. The van der Waals surface area contributed by atoms with Crippen molar-refractivity contribution in [1.82, 2.24) is 4.57 Å². The maximum absolute atomic E-state index is 2.50. The first kappa shape index (κ1) is 43.6. The molecule has 12 aromatic carbocycles. The summed E-state index contributed by atoms with van der Waals surface area (Å²) in [6.07, 6.45) is 0. The molecule has 1 spiro atoms. The van der Waals surface area contributed by atoms with E-state index in [1.54, 1.807) is 0 Å². The fourth-order valence-electron chi connectivity index (χ4n) is 12.7. The van der Waals surface area contributed by atoms with Crippen molar-refractivity contribution in [1.29, 1.82) is 0 Å². The monoisotopic (exact) mass is 967 g/mol. The van der Waals surface area contributed by atoms with Gasteiger partial charge in [-0.3, -0.25) is 0 Å². The van der Waals surface area contributed by atoms with Crippen LogP contribution in [0.25, 0.3) is 72.0 Å². The number of benzene rings is 12. The van der Waals surface area contributed by atoms with Gasteiger partial charge in [-0.25, -0.2) is 0 Å². The van der Waals surface area contributed by atoms with E-state index in [9.17, 15) is 0 Å². The summed E-state index contributed by atoms with van der Waals surface area (Å²) in [5, 5.41) is 2.49. The quantitative estimate of drug-likeness (QED) is 0.150. The van der Waals surface area contributed by atoms with Crippen molar-refractivity contribution in [2.45, 2.75) is 5.41 Å². The van der Waals surface area contributed by atoms with Crippen LogP contribution < -0.4 is 9.80 Å². The summed E-state index contributed by atoms with van der Waals surface area (Å²) in [6.45, 7) is 0. The molecule has 76 heavy (non-hydrogen) atoms. The van der Waals surface area contributed by atoms with E-state index < -0.39 is 5.41 Å². The number of fused-ring (bicyclic) bond motifs is 12. The lowest BCUT2D eigenvalue weighted by molar-refractivity contribution is 0.752. The zero-order valence-electron chi connectivity index (χ0n) is 41.6. The molecule has 3 nitrogen and oxygen atoms in total. The maximum Gasteiger partial charge on any atom is 0.0755 e. The Bertz CT molecular complexity index is 4280. The van der Waals surface area contributed by atoms with Crippen LogP contribution in [0.1, 0.15) is 22.3 Å². The molecule has 0 atom stereocenters. The summed E-state index contributed by atoms with van der Waals surface area (Å²) in [4.78, 5) is 4.93. The standard InChI is InChI=1S/C73H49N3/c1-4-20-50(21-5-1)51-36-38-53(39-37-51)59-26-11-16-32-68(59)74(57-43-40-52(41-44-57)54-42-46-63-62-28-12-17-33-69(62)75(72(63)48-54)55-22-6-2-7-23-55)58-45-47-61-60-27-10-13-29-64(60)73(67(61)49-58)65-30-14-18-34-70(65)76(56-24-8-3-9-25-56)71-35-19-15-31-66(71)73/h1-49H. The average Bonchev–Trinajstić information content (AvgIpc) is 4.07.